The van der Waals surface area contributed by atoms with Crippen molar-refractivity contribution in [1.29, 1.82) is 0 Å². The van der Waals surface area contributed by atoms with Crippen LogP contribution in [0.1, 0.15) is 24.8 Å². The summed E-state index contributed by atoms with van der Waals surface area (Å²) in [5.41, 5.74) is 0.524. The van der Waals surface area contributed by atoms with Gasteiger partial charge < -0.3 is 9.80 Å². The van der Waals surface area contributed by atoms with Crippen LogP contribution < -0.4 is 0 Å². The van der Waals surface area contributed by atoms with Crippen LogP contribution in [-0.2, 0) is 16.1 Å². The van der Waals surface area contributed by atoms with E-state index in [1.807, 2.05) is 9.80 Å². The molecule has 0 aliphatic carbocycles. The van der Waals surface area contributed by atoms with Crippen molar-refractivity contribution >= 4 is 23.4 Å². The van der Waals surface area contributed by atoms with Crippen LogP contribution in [0.5, 0.6) is 0 Å². The highest BCUT2D eigenvalue weighted by Crippen LogP contribution is 2.21. The van der Waals surface area contributed by atoms with Crippen LogP contribution in [0.15, 0.2) is 18.2 Å². The molecule has 9 heteroatoms. The standard InChI is InChI=1S/C24H35ClFN5O2/c25-21-5-3-6-22(26)20(21)17-29-13-15-31(16-14-29)24(33)19-28-8-4-7-27(11-12-28)18-23(32)30-9-1-2-10-30/h3,5-6H,1-2,4,7-19H2. The predicted octanol–water partition coefficient (Wildman–Crippen LogP) is 1.75. The lowest BCUT2D eigenvalue weighted by Gasteiger charge is -2.36. The number of halogens is 2. The van der Waals surface area contributed by atoms with Crippen molar-refractivity contribution in [3.8, 4) is 0 Å². The van der Waals surface area contributed by atoms with Crippen molar-refractivity contribution in [3.63, 3.8) is 0 Å². The summed E-state index contributed by atoms with van der Waals surface area (Å²) in [7, 11) is 0. The number of nitrogens with zero attached hydrogens (tertiary/aromatic N) is 5. The Bertz CT molecular complexity index is 807. The third-order valence-electron chi connectivity index (χ3n) is 7.03. The van der Waals surface area contributed by atoms with Gasteiger partial charge in [0.2, 0.25) is 11.8 Å². The Morgan fingerprint density at radius 1 is 0.727 bits per heavy atom. The summed E-state index contributed by atoms with van der Waals surface area (Å²) in [5, 5.41) is 0.450. The Hall–Kier alpha value is -1.74. The molecule has 33 heavy (non-hydrogen) atoms. The molecule has 0 bridgehead atoms. The summed E-state index contributed by atoms with van der Waals surface area (Å²) >= 11 is 6.16. The van der Waals surface area contributed by atoms with Crippen LogP contribution in [0, 0.1) is 5.82 Å². The third-order valence-corrected chi connectivity index (χ3v) is 7.38. The van der Waals surface area contributed by atoms with Crippen LogP contribution in [0.2, 0.25) is 5.02 Å². The Morgan fingerprint density at radius 3 is 1.85 bits per heavy atom. The molecule has 0 spiro atoms. The van der Waals surface area contributed by atoms with Crippen molar-refractivity contribution in [2.75, 3.05) is 78.5 Å². The minimum atomic E-state index is -0.279. The molecule has 182 valence electrons. The number of hydrogen-bond donors (Lipinski definition) is 0. The van der Waals surface area contributed by atoms with Gasteiger partial charge in [0.1, 0.15) is 5.82 Å². The van der Waals surface area contributed by atoms with Gasteiger partial charge in [-0.2, -0.15) is 0 Å². The topological polar surface area (TPSA) is 50.3 Å². The fourth-order valence-corrected chi connectivity index (χ4v) is 5.17. The first-order valence-corrected chi connectivity index (χ1v) is 12.5. The SMILES string of the molecule is O=C(CN1CCCN(CC(=O)N2CCN(Cc3c(F)cccc3Cl)CC2)CC1)N1CCCC1. The molecule has 3 aliphatic heterocycles. The number of amides is 2. The molecular weight excluding hydrogens is 445 g/mol. The van der Waals surface area contributed by atoms with E-state index in [1.54, 1.807) is 12.1 Å². The van der Waals surface area contributed by atoms with Gasteiger partial charge in [-0.05, 0) is 44.5 Å². The van der Waals surface area contributed by atoms with Gasteiger partial charge in [0, 0.05) is 69.5 Å². The molecule has 0 atom stereocenters. The van der Waals surface area contributed by atoms with Gasteiger partial charge in [0.05, 0.1) is 13.1 Å². The summed E-state index contributed by atoms with van der Waals surface area (Å²) < 4.78 is 14.1. The van der Waals surface area contributed by atoms with Gasteiger partial charge in [0.15, 0.2) is 0 Å². The Morgan fingerprint density at radius 2 is 1.27 bits per heavy atom. The lowest BCUT2D eigenvalue weighted by Crippen LogP contribution is -2.51. The molecule has 1 aromatic carbocycles. The first-order chi connectivity index (χ1) is 16.0. The summed E-state index contributed by atoms with van der Waals surface area (Å²) in [4.78, 5) is 35.8. The Balaban J connectivity index is 1.19. The van der Waals surface area contributed by atoms with E-state index in [9.17, 15) is 14.0 Å². The zero-order chi connectivity index (χ0) is 23.2. The van der Waals surface area contributed by atoms with Gasteiger partial charge in [-0.3, -0.25) is 24.3 Å². The molecule has 3 fully saturated rings. The monoisotopic (exact) mass is 479 g/mol. The number of hydrogen-bond acceptors (Lipinski definition) is 5. The van der Waals surface area contributed by atoms with Crippen molar-refractivity contribution < 1.29 is 14.0 Å². The second-order valence-corrected chi connectivity index (χ2v) is 9.76. The second-order valence-electron chi connectivity index (χ2n) is 9.35. The average molecular weight is 480 g/mol. The van der Waals surface area contributed by atoms with E-state index in [0.717, 1.165) is 58.5 Å². The molecule has 3 heterocycles. The number of benzene rings is 1. The molecule has 0 unspecified atom stereocenters. The molecule has 7 nitrogen and oxygen atoms in total. The fraction of sp³-hybridized carbons (Fsp3) is 0.667. The average Bonchev–Trinajstić information content (AvgIpc) is 3.27. The number of rotatable bonds is 6. The summed E-state index contributed by atoms with van der Waals surface area (Å²) in [5.74, 6) is 0.116. The zero-order valence-corrected chi connectivity index (χ0v) is 20.1. The van der Waals surface area contributed by atoms with Crippen LogP contribution in [-0.4, -0.2) is 115 Å². The smallest absolute Gasteiger partial charge is 0.236 e. The van der Waals surface area contributed by atoms with Crippen molar-refractivity contribution in [2.24, 2.45) is 0 Å². The minimum Gasteiger partial charge on any atom is -0.342 e. The lowest BCUT2D eigenvalue weighted by molar-refractivity contribution is -0.134. The van der Waals surface area contributed by atoms with Crippen LogP contribution in [0.4, 0.5) is 4.39 Å². The molecule has 0 saturated carbocycles. The van der Waals surface area contributed by atoms with E-state index in [4.69, 9.17) is 11.6 Å². The number of carbonyl (C=O) groups excluding carboxylic acids is 2. The first kappa shape index (κ1) is 24.4. The van der Waals surface area contributed by atoms with Gasteiger partial charge >= 0.3 is 0 Å². The molecule has 0 radical (unpaired) electrons. The minimum absolute atomic E-state index is 0.153. The van der Waals surface area contributed by atoms with E-state index in [0.29, 0.717) is 56.4 Å². The Kier molecular flexibility index (Phi) is 8.57. The zero-order valence-electron chi connectivity index (χ0n) is 19.4. The van der Waals surface area contributed by atoms with E-state index >= 15 is 0 Å². The van der Waals surface area contributed by atoms with E-state index in [1.165, 1.54) is 6.07 Å². The number of carbonyl (C=O) groups is 2. The van der Waals surface area contributed by atoms with Crippen molar-refractivity contribution in [3.05, 3.63) is 34.6 Å². The van der Waals surface area contributed by atoms with E-state index in [2.05, 4.69) is 14.7 Å². The lowest BCUT2D eigenvalue weighted by atomic mass is 10.2. The highest BCUT2D eigenvalue weighted by Gasteiger charge is 2.26. The molecule has 1 aromatic rings. The molecule has 0 N–H and O–H groups in total. The summed E-state index contributed by atoms with van der Waals surface area (Å²) in [6.45, 7) is 9.31. The largest absolute Gasteiger partial charge is 0.342 e. The maximum atomic E-state index is 14.1. The highest BCUT2D eigenvalue weighted by atomic mass is 35.5. The van der Waals surface area contributed by atoms with Gasteiger partial charge in [-0.15, -0.1) is 0 Å². The molecule has 0 aromatic heterocycles. The maximum Gasteiger partial charge on any atom is 0.236 e. The normalized spacial score (nSPS) is 21.4. The molecule has 2 amide bonds. The van der Waals surface area contributed by atoms with E-state index < -0.39 is 0 Å². The van der Waals surface area contributed by atoms with Gasteiger partial charge in [-0.1, -0.05) is 17.7 Å². The Labute approximate surface area is 201 Å². The second kappa shape index (κ2) is 11.6. The number of likely N-dealkylation sites (tertiary alicyclic amines) is 1. The van der Waals surface area contributed by atoms with Crippen LogP contribution in [0.3, 0.4) is 0 Å². The molecule has 3 aliphatic rings. The molecular formula is C24H35ClFN5O2. The fourth-order valence-electron chi connectivity index (χ4n) is 4.95. The number of piperazine rings is 1. The van der Waals surface area contributed by atoms with Crippen molar-refractivity contribution in [1.82, 2.24) is 24.5 Å². The van der Waals surface area contributed by atoms with Crippen LogP contribution in [0.25, 0.3) is 0 Å². The van der Waals surface area contributed by atoms with Crippen molar-refractivity contribution in [2.45, 2.75) is 25.8 Å². The van der Waals surface area contributed by atoms with Gasteiger partial charge in [0.25, 0.3) is 0 Å². The molecule has 3 saturated heterocycles. The van der Waals surface area contributed by atoms with Gasteiger partial charge in [-0.25, -0.2) is 4.39 Å². The third kappa shape index (κ3) is 6.66. The summed E-state index contributed by atoms with van der Waals surface area (Å²) in [6, 6.07) is 4.77. The maximum absolute atomic E-state index is 14.1. The first-order valence-electron chi connectivity index (χ1n) is 12.1. The van der Waals surface area contributed by atoms with Crippen LogP contribution >= 0.6 is 11.6 Å². The highest BCUT2D eigenvalue weighted by molar-refractivity contribution is 6.31. The predicted molar refractivity (Wildman–Crippen MR) is 127 cm³/mol. The molecule has 4 rings (SSSR count). The summed E-state index contributed by atoms with van der Waals surface area (Å²) in [6.07, 6.45) is 3.21. The quantitative estimate of drug-likeness (QED) is 0.622. The van der Waals surface area contributed by atoms with E-state index in [-0.39, 0.29) is 17.6 Å².